The zero-order valence-electron chi connectivity index (χ0n) is 8.91. The fraction of sp³-hybridized carbons (Fsp3) is 0.700. The second-order valence-electron chi connectivity index (χ2n) is 2.89. The quantitative estimate of drug-likeness (QED) is 0.357. The summed E-state index contributed by atoms with van der Waals surface area (Å²) in [7, 11) is 1.38. The smallest absolute Gasteiger partial charge is 0.322 e. The highest BCUT2D eigenvalue weighted by atomic mass is 16.5. The minimum Gasteiger partial charge on any atom is -0.468 e. The van der Waals surface area contributed by atoms with E-state index in [0.717, 1.165) is 6.42 Å². The molecule has 0 aromatic rings. The van der Waals surface area contributed by atoms with E-state index in [2.05, 4.69) is 16.6 Å². The van der Waals surface area contributed by atoms with Gasteiger partial charge < -0.3 is 14.8 Å². The maximum absolute atomic E-state index is 10.9. The summed E-state index contributed by atoms with van der Waals surface area (Å²) >= 11 is 0. The molecule has 1 unspecified atom stereocenters. The van der Waals surface area contributed by atoms with Crippen LogP contribution in [0.4, 0.5) is 0 Å². The molecule has 82 valence electrons. The second-order valence-corrected chi connectivity index (χ2v) is 2.89. The largest absolute Gasteiger partial charge is 0.468 e. The Kier molecular flexibility index (Phi) is 8.17. The maximum Gasteiger partial charge on any atom is 0.322 e. The van der Waals surface area contributed by atoms with Crippen molar-refractivity contribution in [1.29, 1.82) is 0 Å². The average Bonchev–Trinajstić information content (AvgIpc) is 2.21. The third kappa shape index (κ3) is 6.62. The van der Waals surface area contributed by atoms with E-state index in [4.69, 9.17) is 4.74 Å². The van der Waals surface area contributed by atoms with E-state index in [1.165, 1.54) is 7.11 Å². The van der Waals surface area contributed by atoms with Gasteiger partial charge in [-0.1, -0.05) is 6.08 Å². The van der Waals surface area contributed by atoms with Crippen molar-refractivity contribution in [2.75, 3.05) is 26.9 Å². The van der Waals surface area contributed by atoms with Crippen molar-refractivity contribution in [3.63, 3.8) is 0 Å². The van der Waals surface area contributed by atoms with Crippen molar-refractivity contribution in [1.82, 2.24) is 5.32 Å². The van der Waals surface area contributed by atoms with Crippen molar-refractivity contribution < 1.29 is 14.3 Å². The Morgan fingerprint density at radius 2 is 2.29 bits per heavy atom. The Morgan fingerprint density at radius 1 is 1.57 bits per heavy atom. The van der Waals surface area contributed by atoms with E-state index >= 15 is 0 Å². The van der Waals surface area contributed by atoms with Gasteiger partial charge in [0.1, 0.15) is 6.04 Å². The van der Waals surface area contributed by atoms with Gasteiger partial charge in [-0.05, 0) is 13.3 Å². The van der Waals surface area contributed by atoms with E-state index in [9.17, 15) is 4.79 Å². The zero-order chi connectivity index (χ0) is 10.8. The Hall–Kier alpha value is -0.870. The summed E-state index contributed by atoms with van der Waals surface area (Å²) in [5.74, 6) is -0.254. The first-order valence-corrected chi connectivity index (χ1v) is 4.72. The van der Waals surface area contributed by atoms with Gasteiger partial charge in [0.2, 0.25) is 0 Å². The van der Waals surface area contributed by atoms with E-state index in [0.29, 0.717) is 19.8 Å². The number of ether oxygens (including phenoxy) is 2. The minimum atomic E-state index is -0.275. The highest BCUT2D eigenvalue weighted by Crippen LogP contribution is 1.86. The van der Waals surface area contributed by atoms with Crippen LogP contribution in [0.3, 0.4) is 0 Å². The number of nitrogens with one attached hydrogen (secondary N) is 1. The van der Waals surface area contributed by atoms with Crippen LogP contribution in [0.15, 0.2) is 12.7 Å². The SMILES string of the molecule is C=CCCOCCNC(C)C(=O)OC. The summed E-state index contributed by atoms with van der Waals surface area (Å²) in [6.45, 7) is 7.26. The van der Waals surface area contributed by atoms with Crippen LogP contribution < -0.4 is 5.32 Å². The fourth-order valence-electron chi connectivity index (χ4n) is 0.876. The van der Waals surface area contributed by atoms with Gasteiger partial charge in [0.25, 0.3) is 0 Å². The van der Waals surface area contributed by atoms with Gasteiger partial charge in [0, 0.05) is 6.54 Å². The lowest BCUT2D eigenvalue weighted by atomic mass is 10.3. The fourth-order valence-corrected chi connectivity index (χ4v) is 0.876. The first kappa shape index (κ1) is 13.1. The molecule has 0 heterocycles. The average molecular weight is 201 g/mol. The number of carbonyl (C=O) groups is 1. The highest BCUT2D eigenvalue weighted by molar-refractivity contribution is 5.74. The van der Waals surface area contributed by atoms with Gasteiger partial charge in [-0.15, -0.1) is 6.58 Å². The number of rotatable bonds is 8. The van der Waals surface area contributed by atoms with E-state index in [-0.39, 0.29) is 12.0 Å². The van der Waals surface area contributed by atoms with Crippen LogP contribution in [0.1, 0.15) is 13.3 Å². The molecule has 0 aliphatic rings. The summed E-state index contributed by atoms with van der Waals surface area (Å²) in [4.78, 5) is 10.9. The summed E-state index contributed by atoms with van der Waals surface area (Å²) in [6, 6.07) is -0.275. The molecule has 0 saturated heterocycles. The summed E-state index contributed by atoms with van der Waals surface area (Å²) < 4.78 is 9.80. The topological polar surface area (TPSA) is 47.6 Å². The number of carbonyl (C=O) groups excluding carboxylic acids is 1. The van der Waals surface area contributed by atoms with Crippen molar-refractivity contribution in [2.24, 2.45) is 0 Å². The van der Waals surface area contributed by atoms with Crippen molar-refractivity contribution >= 4 is 5.97 Å². The van der Waals surface area contributed by atoms with E-state index in [1.807, 2.05) is 6.08 Å². The third-order valence-corrected chi connectivity index (χ3v) is 1.72. The van der Waals surface area contributed by atoms with Gasteiger partial charge in [0.15, 0.2) is 0 Å². The van der Waals surface area contributed by atoms with Gasteiger partial charge >= 0.3 is 5.97 Å². The lowest BCUT2D eigenvalue weighted by Gasteiger charge is -2.10. The Bertz CT molecular complexity index is 171. The van der Waals surface area contributed by atoms with Crippen molar-refractivity contribution in [3.8, 4) is 0 Å². The van der Waals surface area contributed by atoms with Crippen LogP contribution >= 0.6 is 0 Å². The molecule has 0 spiro atoms. The molecule has 4 nitrogen and oxygen atoms in total. The van der Waals surface area contributed by atoms with Gasteiger partial charge in [-0.3, -0.25) is 4.79 Å². The van der Waals surface area contributed by atoms with Crippen LogP contribution in [0, 0.1) is 0 Å². The zero-order valence-corrected chi connectivity index (χ0v) is 8.91. The summed E-state index contributed by atoms with van der Waals surface area (Å²) in [6.07, 6.45) is 2.66. The number of esters is 1. The first-order valence-electron chi connectivity index (χ1n) is 4.72. The number of methoxy groups -OCH3 is 1. The molecule has 0 radical (unpaired) electrons. The molecule has 0 saturated carbocycles. The van der Waals surface area contributed by atoms with Crippen LogP contribution in [0.2, 0.25) is 0 Å². The molecule has 0 aliphatic carbocycles. The molecule has 4 heteroatoms. The molecule has 1 atom stereocenters. The first-order chi connectivity index (χ1) is 6.72. The van der Waals surface area contributed by atoms with Gasteiger partial charge in [-0.2, -0.15) is 0 Å². The Labute approximate surface area is 85.3 Å². The Balaban J connectivity index is 3.27. The van der Waals surface area contributed by atoms with Crippen LogP contribution in [-0.4, -0.2) is 38.9 Å². The number of hydrogen-bond acceptors (Lipinski definition) is 4. The van der Waals surface area contributed by atoms with Gasteiger partial charge in [0.05, 0.1) is 20.3 Å². The van der Waals surface area contributed by atoms with Crippen LogP contribution in [0.25, 0.3) is 0 Å². The molecule has 0 aromatic carbocycles. The minimum absolute atomic E-state index is 0.254. The highest BCUT2D eigenvalue weighted by Gasteiger charge is 2.10. The maximum atomic E-state index is 10.9. The predicted octanol–water partition coefficient (Wildman–Crippen LogP) is 0.730. The Morgan fingerprint density at radius 3 is 2.86 bits per heavy atom. The standard InChI is InChI=1S/C10H19NO3/c1-4-5-7-14-8-6-11-9(2)10(12)13-3/h4,9,11H,1,5-8H2,2-3H3. The van der Waals surface area contributed by atoms with E-state index < -0.39 is 0 Å². The lowest BCUT2D eigenvalue weighted by Crippen LogP contribution is -2.36. The van der Waals surface area contributed by atoms with Crippen molar-refractivity contribution in [3.05, 3.63) is 12.7 Å². The molecule has 0 bridgehead atoms. The summed E-state index contributed by atoms with van der Waals surface area (Å²) in [5, 5.41) is 2.98. The number of hydrogen-bond donors (Lipinski definition) is 1. The normalized spacial score (nSPS) is 12.1. The van der Waals surface area contributed by atoms with Crippen LogP contribution in [0.5, 0.6) is 0 Å². The second kappa shape index (κ2) is 8.72. The van der Waals surface area contributed by atoms with Crippen LogP contribution in [-0.2, 0) is 14.3 Å². The molecule has 0 aromatic heterocycles. The summed E-state index contributed by atoms with van der Waals surface area (Å²) in [5.41, 5.74) is 0. The monoisotopic (exact) mass is 201 g/mol. The van der Waals surface area contributed by atoms with E-state index in [1.54, 1.807) is 6.92 Å². The molecular weight excluding hydrogens is 182 g/mol. The lowest BCUT2D eigenvalue weighted by molar-refractivity contribution is -0.142. The molecular formula is C10H19NO3. The molecule has 1 N–H and O–H groups in total. The molecule has 0 amide bonds. The molecule has 0 rings (SSSR count). The van der Waals surface area contributed by atoms with Gasteiger partial charge in [-0.25, -0.2) is 0 Å². The molecule has 0 fully saturated rings. The molecule has 14 heavy (non-hydrogen) atoms. The third-order valence-electron chi connectivity index (χ3n) is 1.72. The molecule has 0 aliphatic heterocycles. The predicted molar refractivity (Wildman–Crippen MR) is 55.1 cm³/mol. The van der Waals surface area contributed by atoms with Crippen molar-refractivity contribution in [2.45, 2.75) is 19.4 Å².